The predicted octanol–water partition coefficient (Wildman–Crippen LogP) is 5.56. The average molecular weight is 490 g/mol. The van der Waals surface area contributed by atoms with Crippen LogP contribution in [0.25, 0.3) is 0 Å². The third kappa shape index (κ3) is 5.59. The molecule has 0 aliphatic carbocycles. The van der Waals surface area contributed by atoms with Gasteiger partial charge in [0, 0.05) is 9.79 Å². The highest BCUT2D eigenvalue weighted by Gasteiger charge is 2.28. The van der Waals surface area contributed by atoms with Crippen molar-refractivity contribution in [2.24, 2.45) is 0 Å². The summed E-state index contributed by atoms with van der Waals surface area (Å²) in [6, 6.07) is 30.9. The lowest BCUT2D eigenvalue weighted by Crippen LogP contribution is -2.29. The largest absolute Gasteiger partial charge is 0.386 e. The van der Waals surface area contributed by atoms with Crippen LogP contribution in [0.5, 0.6) is 0 Å². The summed E-state index contributed by atoms with van der Waals surface area (Å²) in [5.74, 6) is 0. The predicted molar refractivity (Wildman–Crippen MR) is 137 cm³/mol. The van der Waals surface area contributed by atoms with Crippen LogP contribution in [0.4, 0.5) is 0 Å². The lowest BCUT2D eigenvalue weighted by Gasteiger charge is -2.26. The Bertz CT molecular complexity index is 1290. The van der Waals surface area contributed by atoms with Gasteiger partial charge in [-0.15, -0.1) is 0 Å². The summed E-state index contributed by atoms with van der Waals surface area (Å²) in [5.41, 5.74) is 3.48. The highest BCUT2D eigenvalue weighted by molar-refractivity contribution is 7.85. The molecular formula is C28H27NO3S2. The van der Waals surface area contributed by atoms with E-state index in [1.807, 2.05) is 105 Å². The van der Waals surface area contributed by atoms with Crippen molar-refractivity contribution < 1.29 is 13.5 Å². The monoisotopic (exact) mass is 489 g/mol. The number of rotatable bonds is 8. The fourth-order valence-corrected chi connectivity index (χ4v) is 5.94. The van der Waals surface area contributed by atoms with Gasteiger partial charge in [0.1, 0.15) is 17.1 Å². The van der Waals surface area contributed by atoms with Gasteiger partial charge < -0.3 is 5.11 Å². The molecule has 0 aromatic heterocycles. The standard InChI is InChI=1S/C28H27NO3S2/c1-20-12-16-23(17-13-20)33(31)26-11-7-6-10-25(26)28(30)27(22-8-4-3-5-9-22)29-34(32)24-18-14-21(2)15-19-24/h3-19,27-30H,1-2H3/t27-,28+,33?,34?/m1/s1. The lowest BCUT2D eigenvalue weighted by atomic mass is 9.96. The van der Waals surface area contributed by atoms with E-state index < -0.39 is 33.9 Å². The minimum absolute atomic E-state index is 0.530. The summed E-state index contributed by atoms with van der Waals surface area (Å²) in [4.78, 5) is 1.82. The first kappa shape index (κ1) is 24.2. The molecule has 2 N–H and O–H groups in total. The molecule has 0 radical (unpaired) electrons. The van der Waals surface area contributed by atoms with E-state index in [1.165, 1.54) is 0 Å². The molecule has 0 aliphatic rings. The minimum Gasteiger partial charge on any atom is -0.386 e. The Morgan fingerprint density at radius 2 is 1.21 bits per heavy atom. The van der Waals surface area contributed by atoms with Crippen molar-refractivity contribution in [2.45, 2.75) is 40.7 Å². The Morgan fingerprint density at radius 3 is 1.82 bits per heavy atom. The molecule has 34 heavy (non-hydrogen) atoms. The third-order valence-electron chi connectivity index (χ3n) is 5.62. The molecule has 0 saturated heterocycles. The van der Waals surface area contributed by atoms with E-state index in [1.54, 1.807) is 12.1 Å². The van der Waals surface area contributed by atoms with Crippen LogP contribution in [0, 0.1) is 13.8 Å². The van der Waals surface area contributed by atoms with Crippen molar-refractivity contribution in [2.75, 3.05) is 0 Å². The summed E-state index contributed by atoms with van der Waals surface area (Å²) in [5, 5.41) is 11.6. The minimum atomic E-state index is -1.56. The Kier molecular flexibility index (Phi) is 7.85. The number of benzene rings is 4. The molecule has 0 saturated carbocycles. The summed E-state index contributed by atoms with van der Waals surface area (Å²) < 4.78 is 29.7. The highest BCUT2D eigenvalue weighted by Crippen LogP contribution is 2.34. The van der Waals surface area contributed by atoms with Crippen LogP contribution >= 0.6 is 0 Å². The van der Waals surface area contributed by atoms with E-state index in [2.05, 4.69) is 4.72 Å². The van der Waals surface area contributed by atoms with Crippen LogP contribution in [-0.4, -0.2) is 13.5 Å². The van der Waals surface area contributed by atoms with Crippen LogP contribution < -0.4 is 4.72 Å². The highest BCUT2D eigenvalue weighted by atomic mass is 32.2. The van der Waals surface area contributed by atoms with Gasteiger partial charge >= 0.3 is 0 Å². The Balaban J connectivity index is 1.70. The number of aryl methyl sites for hydroxylation is 2. The number of hydrogen-bond donors (Lipinski definition) is 2. The first-order chi connectivity index (χ1) is 16.4. The molecule has 6 heteroatoms. The van der Waals surface area contributed by atoms with Gasteiger partial charge in [-0.1, -0.05) is 83.9 Å². The maximum atomic E-state index is 13.4. The fraction of sp³-hybridized carbons (Fsp3) is 0.143. The Hall–Kier alpha value is -2.90. The maximum Gasteiger partial charge on any atom is 0.125 e. The molecule has 0 heterocycles. The van der Waals surface area contributed by atoms with E-state index in [-0.39, 0.29) is 0 Å². The van der Waals surface area contributed by atoms with E-state index in [0.717, 1.165) is 16.7 Å². The molecule has 0 aliphatic heterocycles. The van der Waals surface area contributed by atoms with Crippen LogP contribution in [-0.2, 0) is 21.8 Å². The fourth-order valence-electron chi connectivity index (χ4n) is 3.68. The van der Waals surface area contributed by atoms with Crippen molar-refractivity contribution in [3.05, 3.63) is 125 Å². The number of nitrogens with one attached hydrogen (secondary N) is 1. The summed E-state index contributed by atoms with van der Waals surface area (Å²) in [6.45, 7) is 3.95. The van der Waals surface area contributed by atoms with E-state index in [4.69, 9.17) is 0 Å². The summed E-state index contributed by atoms with van der Waals surface area (Å²) in [6.07, 6.45) is -1.08. The van der Waals surface area contributed by atoms with E-state index in [9.17, 15) is 13.5 Å². The van der Waals surface area contributed by atoms with Gasteiger partial charge in [-0.3, -0.25) is 0 Å². The van der Waals surface area contributed by atoms with Gasteiger partial charge in [0.25, 0.3) is 0 Å². The molecule has 0 amide bonds. The van der Waals surface area contributed by atoms with Crippen LogP contribution in [0.2, 0.25) is 0 Å². The molecule has 4 aromatic carbocycles. The van der Waals surface area contributed by atoms with Gasteiger partial charge in [0.05, 0.1) is 21.7 Å². The molecule has 4 aromatic rings. The van der Waals surface area contributed by atoms with Crippen molar-refractivity contribution >= 4 is 21.8 Å². The molecule has 2 unspecified atom stereocenters. The van der Waals surface area contributed by atoms with Crippen molar-refractivity contribution in [1.29, 1.82) is 0 Å². The maximum absolute atomic E-state index is 13.4. The lowest BCUT2D eigenvalue weighted by molar-refractivity contribution is 0.137. The molecule has 0 bridgehead atoms. The zero-order chi connectivity index (χ0) is 24.1. The number of aliphatic hydroxyl groups excluding tert-OH is 1. The second-order valence-corrected chi connectivity index (χ2v) is 10.8. The topological polar surface area (TPSA) is 66.4 Å². The summed E-state index contributed by atoms with van der Waals surface area (Å²) >= 11 is 0. The molecule has 0 spiro atoms. The van der Waals surface area contributed by atoms with Gasteiger partial charge in [-0.05, 0) is 55.3 Å². The zero-order valence-electron chi connectivity index (χ0n) is 19.0. The second kappa shape index (κ2) is 11.0. The normalized spacial score (nSPS) is 14.8. The van der Waals surface area contributed by atoms with Crippen molar-refractivity contribution in [3.8, 4) is 0 Å². The second-order valence-electron chi connectivity index (χ2n) is 8.15. The molecule has 4 nitrogen and oxygen atoms in total. The summed E-state index contributed by atoms with van der Waals surface area (Å²) in [7, 11) is -3.03. The van der Waals surface area contributed by atoms with Gasteiger partial charge in [0.15, 0.2) is 0 Å². The average Bonchev–Trinajstić information content (AvgIpc) is 2.87. The van der Waals surface area contributed by atoms with Gasteiger partial charge in [-0.2, -0.15) is 0 Å². The molecular weight excluding hydrogens is 462 g/mol. The van der Waals surface area contributed by atoms with Gasteiger partial charge in [-0.25, -0.2) is 13.1 Å². The van der Waals surface area contributed by atoms with Crippen molar-refractivity contribution in [1.82, 2.24) is 4.72 Å². The number of aliphatic hydroxyl groups is 1. The molecule has 4 atom stereocenters. The van der Waals surface area contributed by atoms with E-state index in [0.29, 0.717) is 20.2 Å². The smallest absolute Gasteiger partial charge is 0.125 e. The first-order valence-corrected chi connectivity index (χ1v) is 13.3. The van der Waals surface area contributed by atoms with Crippen molar-refractivity contribution in [3.63, 3.8) is 0 Å². The molecule has 4 rings (SSSR count). The number of hydrogen-bond acceptors (Lipinski definition) is 3. The molecule has 0 fully saturated rings. The van der Waals surface area contributed by atoms with E-state index >= 15 is 0 Å². The van der Waals surface area contributed by atoms with Gasteiger partial charge in [0.2, 0.25) is 0 Å². The Morgan fingerprint density at radius 1 is 0.676 bits per heavy atom. The Labute approximate surface area is 205 Å². The molecule has 174 valence electrons. The SMILES string of the molecule is Cc1ccc(S(=O)N[C@H](c2ccccc2)[C@@H](O)c2ccccc2S(=O)c2ccc(C)cc2)cc1. The first-order valence-electron chi connectivity index (χ1n) is 11.0. The quantitative estimate of drug-likeness (QED) is 0.341. The third-order valence-corrected chi connectivity index (χ3v) is 8.26. The van der Waals surface area contributed by atoms with Crippen LogP contribution in [0.3, 0.4) is 0 Å². The zero-order valence-corrected chi connectivity index (χ0v) is 20.7. The van der Waals surface area contributed by atoms with Crippen LogP contribution in [0.15, 0.2) is 118 Å². The van der Waals surface area contributed by atoms with Crippen LogP contribution in [0.1, 0.15) is 34.4 Å².